The molecule has 0 radical (unpaired) electrons. The molecule has 6 heteroatoms. The Morgan fingerprint density at radius 1 is 1.53 bits per heavy atom. The third-order valence-electron chi connectivity index (χ3n) is 1.95. The number of hydrogen-bond donors (Lipinski definition) is 1. The standard InChI is InChI=1S/C11H17N3O3/c1-9-4-6-13-11(14-9)17-8-10(15)12-5-3-7-16-2/h4,6H,3,5,7-8H2,1-2H3,(H,12,15). The highest BCUT2D eigenvalue weighted by Crippen LogP contribution is 2.00. The molecular formula is C11H17N3O3. The van der Waals surface area contributed by atoms with Crippen LogP contribution in [-0.4, -0.2) is 42.7 Å². The van der Waals surface area contributed by atoms with E-state index in [1.54, 1.807) is 19.4 Å². The monoisotopic (exact) mass is 239 g/mol. The summed E-state index contributed by atoms with van der Waals surface area (Å²) in [5, 5.41) is 2.70. The SMILES string of the molecule is COCCCNC(=O)COc1nccc(C)n1. The molecule has 1 heterocycles. The van der Waals surface area contributed by atoms with Crippen LogP contribution in [-0.2, 0) is 9.53 Å². The molecule has 0 unspecified atom stereocenters. The summed E-state index contributed by atoms with van der Waals surface area (Å²) < 4.78 is 10.0. The van der Waals surface area contributed by atoms with E-state index in [0.717, 1.165) is 12.1 Å². The minimum absolute atomic E-state index is 0.0730. The maximum Gasteiger partial charge on any atom is 0.317 e. The third-order valence-corrected chi connectivity index (χ3v) is 1.95. The summed E-state index contributed by atoms with van der Waals surface area (Å²) in [6, 6.07) is 1.98. The Hall–Kier alpha value is -1.69. The van der Waals surface area contributed by atoms with Crippen molar-refractivity contribution in [3.05, 3.63) is 18.0 Å². The maximum atomic E-state index is 11.3. The van der Waals surface area contributed by atoms with Crippen molar-refractivity contribution in [3.8, 4) is 6.01 Å². The number of carbonyl (C=O) groups excluding carboxylic acids is 1. The summed E-state index contributed by atoms with van der Waals surface area (Å²) in [6.07, 6.45) is 2.37. The normalized spacial score (nSPS) is 10.0. The number of aromatic nitrogens is 2. The second kappa shape index (κ2) is 7.56. The summed E-state index contributed by atoms with van der Waals surface area (Å²) in [6.45, 7) is 2.96. The molecule has 0 aliphatic carbocycles. The highest BCUT2D eigenvalue weighted by atomic mass is 16.5. The topological polar surface area (TPSA) is 73.3 Å². The molecule has 0 aromatic carbocycles. The summed E-state index contributed by atoms with van der Waals surface area (Å²) in [4.78, 5) is 19.2. The lowest BCUT2D eigenvalue weighted by atomic mass is 10.4. The number of nitrogens with zero attached hydrogens (tertiary/aromatic N) is 2. The van der Waals surface area contributed by atoms with Gasteiger partial charge in [-0.05, 0) is 19.4 Å². The van der Waals surface area contributed by atoms with Gasteiger partial charge in [0.25, 0.3) is 5.91 Å². The van der Waals surface area contributed by atoms with Crippen LogP contribution >= 0.6 is 0 Å². The maximum absolute atomic E-state index is 11.3. The van der Waals surface area contributed by atoms with Crippen LogP contribution in [0.25, 0.3) is 0 Å². The Kier molecular flexibility index (Phi) is 5.95. The number of aryl methyl sites for hydroxylation is 1. The van der Waals surface area contributed by atoms with Crippen LogP contribution < -0.4 is 10.1 Å². The van der Waals surface area contributed by atoms with E-state index in [9.17, 15) is 4.79 Å². The lowest BCUT2D eigenvalue weighted by molar-refractivity contribution is -0.123. The zero-order chi connectivity index (χ0) is 12.5. The average molecular weight is 239 g/mol. The van der Waals surface area contributed by atoms with E-state index in [1.165, 1.54) is 0 Å². The van der Waals surface area contributed by atoms with Crippen molar-refractivity contribution in [2.24, 2.45) is 0 Å². The van der Waals surface area contributed by atoms with E-state index >= 15 is 0 Å². The summed E-state index contributed by atoms with van der Waals surface area (Å²) in [5.41, 5.74) is 0.801. The van der Waals surface area contributed by atoms with Crippen LogP contribution in [0, 0.1) is 6.92 Å². The molecule has 1 aromatic heterocycles. The van der Waals surface area contributed by atoms with Crippen molar-refractivity contribution >= 4 is 5.91 Å². The lowest BCUT2D eigenvalue weighted by Gasteiger charge is -2.06. The largest absolute Gasteiger partial charge is 0.453 e. The van der Waals surface area contributed by atoms with E-state index in [4.69, 9.17) is 9.47 Å². The van der Waals surface area contributed by atoms with Crippen molar-refractivity contribution in [2.75, 3.05) is 26.9 Å². The van der Waals surface area contributed by atoms with Gasteiger partial charge < -0.3 is 14.8 Å². The van der Waals surface area contributed by atoms with E-state index in [1.807, 2.05) is 6.92 Å². The zero-order valence-electron chi connectivity index (χ0n) is 10.1. The molecule has 6 nitrogen and oxygen atoms in total. The second-order valence-electron chi connectivity index (χ2n) is 3.47. The van der Waals surface area contributed by atoms with Gasteiger partial charge in [0.05, 0.1) is 0 Å². The number of methoxy groups -OCH3 is 1. The molecule has 0 atom stereocenters. The number of nitrogens with one attached hydrogen (secondary N) is 1. The minimum Gasteiger partial charge on any atom is -0.453 e. The first kappa shape index (κ1) is 13.4. The number of ether oxygens (including phenoxy) is 2. The Labute approximate surface area is 100 Å². The Balaban J connectivity index is 2.19. The van der Waals surface area contributed by atoms with Crippen LogP contribution in [0.3, 0.4) is 0 Å². The summed E-state index contributed by atoms with van der Waals surface area (Å²) in [5.74, 6) is -0.189. The average Bonchev–Trinajstić information content (AvgIpc) is 2.32. The van der Waals surface area contributed by atoms with Gasteiger partial charge in [-0.2, -0.15) is 0 Å². The number of hydrogen-bond acceptors (Lipinski definition) is 5. The van der Waals surface area contributed by atoms with Gasteiger partial charge in [-0.1, -0.05) is 0 Å². The molecule has 0 aliphatic rings. The van der Waals surface area contributed by atoms with Gasteiger partial charge in [0, 0.05) is 32.2 Å². The van der Waals surface area contributed by atoms with E-state index in [-0.39, 0.29) is 18.5 Å². The fraction of sp³-hybridized carbons (Fsp3) is 0.545. The molecular weight excluding hydrogens is 222 g/mol. The van der Waals surface area contributed by atoms with Crippen LogP contribution in [0.5, 0.6) is 6.01 Å². The predicted octanol–water partition coefficient (Wildman–Crippen LogP) is 0.317. The molecule has 94 valence electrons. The van der Waals surface area contributed by atoms with E-state index < -0.39 is 0 Å². The van der Waals surface area contributed by atoms with Crippen LogP contribution in [0.4, 0.5) is 0 Å². The second-order valence-corrected chi connectivity index (χ2v) is 3.47. The first-order chi connectivity index (χ1) is 8.22. The molecule has 0 aliphatic heterocycles. The van der Waals surface area contributed by atoms with Crippen LogP contribution in [0.15, 0.2) is 12.3 Å². The fourth-order valence-electron chi connectivity index (χ4n) is 1.12. The minimum atomic E-state index is -0.189. The molecule has 0 bridgehead atoms. The van der Waals surface area contributed by atoms with Crippen molar-refractivity contribution in [2.45, 2.75) is 13.3 Å². The van der Waals surface area contributed by atoms with E-state index in [0.29, 0.717) is 13.2 Å². The fourth-order valence-corrected chi connectivity index (χ4v) is 1.12. The molecule has 1 aromatic rings. The van der Waals surface area contributed by atoms with Crippen molar-refractivity contribution in [3.63, 3.8) is 0 Å². The zero-order valence-corrected chi connectivity index (χ0v) is 10.1. The molecule has 0 saturated carbocycles. The van der Waals surface area contributed by atoms with Crippen molar-refractivity contribution in [1.82, 2.24) is 15.3 Å². The van der Waals surface area contributed by atoms with Gasteiger partial charge in [-0.15, -0.1) is 0 Å². The Morgan fingerprint density at radius 2 is 2.35 bits per heavy atom. The first-order valence-electron chi connectivity index (χ1n) is 5.40. The van der Waals surface area contributed by atoms with Gasteiger partial charge >= 0.3 is 6.01 Å². The third kappa shape index (κ3) is 5.82. The number of amides is 1. The van der Waals surface area contributed by atoms with Crippen molar-refractivity contribution < 1.29 is 14.3 Å². The van der Waals surface area contributed by atoms with Crippen LogP contribution in [0.2, 0.25) is 0 Å². The lowest BCUT2D eigenvalue weighted by Crippen LogP contribution is -2.30. The predicted molar refractivity (Wildman–Crippen MR) is 61.8 cm³/mol. The highest BCUT2D eigenvalue weighted by molar-refractivity contribution is 5.77. The molecule has 17 heavy (non-hydrogen) atoms. The number of rotatable bonds is 7. The molecule has 0 fully saturated rings. The quantitative estimate of drug-likeness (QED) is 0.693. The van der Waals surface area contributed by atoms with Gasteiger partial charge in [-0.25, -0.2) is 9.97 Å². The summed E-state index contributed by atoms with van der Waals surface area (Å²) in [7, 11) is 1.63. The Bertz CT molecular complexity index is 358. The van der Waals surface area contributed by atoms with Crippen molar-refractivity contribution in [1.29, 1.82) is 0 Å². The molecule has 1 amide bonds. The van der Waals surface area contributed by atoms with Gasteiger partial charge in [-0.3, -0.25) is 4.79 Å². The van der Waals surface area contributed by atoms with Gasteiger partial charge in [0.15, 0.2) is 6.61 Å². The molecule has 1 rings (SSSR count). The van der Waals surface area contributed by atoms with Gasteiger partial charge in [0.1, 0.15) is 0 Å². The van der Waals surface area contributed by atoms with Crippen LogP contribution in [0.1, 0.15) is 12.1 Å². The molecule has 1 N–H and O–H groups in total. The smallest absolute Gasteiger partial charge is 0.317 e. The molecule has 0 spiro atoms. The Morgan fingerprint density at radius 3 is 3.06 bits per heavy atom. The summed E-state index contributed by atoms with van der Waals surface area (Å²) >= 11 is 0. The van der Waals surface area contributed by atoms with Gasteiger partial charge in [0.2, 0.25) is 0 Å². The highest BCUT2D eigenvalue weighted by Gasteiger charge is 2.03. The first-order valence-corrected chi connectivity index (χ1v) is 5.40. The van der Waals surface area contributed by atoms with E-state index in [2.05, 4.69) is 15.3 Å². The molecule has 0 saturated heterocycles. The number of carbonyl (C=O) groups is 1.